The minimum atomic E-state index is -0.318. The van der Waals surface area contributed by atoms with Crippen molar-refractivity contribution in [2.75, 3.05) is 6.54 Å². The predicted molar refractivity (Wildman–Crippen MR) is 84.4 cm³/mol. The van der Waals surface area contributed by atoms with Crippen LogP contribution in [0.5, 0.6) is 0 Å². The summed E-state index contributed by atoms with van der Waals surface area (Å²) < 4.78 is 17.9. The van der Waals surface area contributed by atoms with Crippen molar-refractivity contribution in [2.45, 2.75) is 6.42 Å². The van der Waals surface area contributed by atoms with Gasteiger partial charge in [-0.3, -0.25) is 4.79 Å². The molecule has 0 saturated heterocycles. The lowest BCUT2D eigenvalue weighted by atomic mass is 10.1. The van der Waals surface area contributed by atoms with Crippen molar-refractivity contribution in [3.05, 3.63) is 77.8 Å². The number of nitrogens with zero attached hydrogens (tertiary/aromatic N) is 1. The third kappa shape index (κ3) is 3.83. The zero-order valence-electron chi connectivity index (χ0n) is 12.3. The molecule has 0 atom stereocenters. The van der Waals surface area contributed by atoms with Gasteiger partial charge in [-0.05, 0) is 24.1 Å². The molecule has 2 aromatic carbocycles. The van der Waals surface area contributed by atoms with E-state index in [0.29, 0.717) is 18.7 Å². The molecule has 0 fully saturated rings. The summed E-state index contributed by atoms with van der Waals surface area (Å²) in [5.41, 5.74) is 2.46. The molecular weight excluding hydrogens is 295 g/mol. The Balaban J connectivity index is 1.56. The fourth-order valence-electron chi connectivity index (χ4n) is 2.19. The molecule has 0 spiro atoms. The average Bonchev–Trinajstić information content (AvgIpc) is 3.07. The maximum atomic E-state index is 12.8. The molecule has 4 nitrogen and oxygen atoms in total. The first-order chi connectivity index (χ1) is 11.2. The minimum absolute atomic E-state index is 0.169. The Morgan fingerprint density at radius 3 is 2.57 bits per heavy atom. The highest BCUT2D eigenvalue weighted by Crippen LogP contribution is 2.18. The monoisotopic (exact) mass is 310 g/mol. The molecule has 0 aliphatic rings. The number of aromatic nitrogens is 1. The van der Waals surface area contributed by atoms with Crippen LogP contribution in [0.2, 0.25) is 0 Å². The van der Waals surface area contributed by atoms with Gasteiger partial charge in [0.05, 0.1) is 0 Å². The van der Waals surface area contributed by atoms with Crippen LogP contribution in [-0.4, -0.2) is 17.6 Å². The van der Waals surface area contributed by atoms with E-state index in [1.807, 2.05) is 30.3 Å². The number of benzene rings is 2. The van der Waals surface area contributed by atoms with Crippen LogP contribution in [0.15, 0.2) is 65.2 Å². The second-order valence-corrected chi connectivity index (χ2v) is 5.07. The molecule has 0 saturated carbocycles. The molecular formula is C18H15FN2O2. The SMILES string of the molecule is O=C(NCCc1ccc(F)cc1)c1cc(-c2ccccc2)no1. The van der Waals surface area contributed by atoms with E-state index in [1.54, 1.807) is 18.2 Å². The van der Waals surface area contributed by atoms with Crippen molar-refractivity contribution >= 4 is 5.91 Å². The summed E-state index contributed by atoms with van der Waals surface area (Å²) in [7, 11) is 0. The maximum absolute atomic E-state index is 12.8. The van der Waals surface area contributed by atoms with E-state index in [4.69, 9.17) is 4.52 Å². The topological polar surface area (TPSA) is 55.1 Å². The second kappa shape index (κ2) is 6.87. The highest BCUT2D eigenvalue weighted by molar-refractivity contribution is 5.92. The minimum Gasteiger partial charge on any atom is -0.350 e. The zero-order valence-corrected chi connectivity index (χ0v) is 12.3. The predicted octanol–water partition coefficient (Wildman–Crippen LogP) is 3.45. The maximum Gasteiger partial charge on any atom is 0.289 e. The first-order valence-electron chi connectivity index (χ1n) is 7.27. The van der Waals surface area contributed by atoms with Crippen molar-refractivity contribution in [3.8, 4) is 11.3 Å². The van der Waals surface area contributed by atoms with Gasteiger partial charge in [-0.2, -0.15) is 0 Å². The van der Waals surface area contributed by atoms with Crippen LogP contribution in [-0.2, 0) is 6.42 Å². The average molecular weight is 310 g/mol. The number of hydrogen-bond donors (Lipinski definition) is 1. The van der Waals surface area contributed by atoms with E-state index < -0.39 is 0 Å². The molecule has 3 aromatic rings. The molecule has 0 radical (unpaired) electrons. The second-order valence-electron chi connectivity index (χ2n) is 5.07. The van der Waals surface area contributed by atoms with Crippen LogP contribution in [0.3, 0.4) is 0 Å². The summed E-state index contributed by atoms with van der Waals surface area (Å²) in [6.07, 6.45) is 0.617. The number of halogens is 1. The first kappa shape index (κ1) is 15.0. The first-order valence-corrected chi connectivity index (χ1v) is 7.27. The third-order valence-electron chi connectivity index (χ3n) is 3.42. The van der Waals surface area contributed by atoms with Crippen molar-refractivity contribution in [1.82, 2.24) is 10.5 Å². The molecule has 1 N–H and O–H groups in total. The Labute approximate surface area is 132 Å². The van der Waals surface area contributed by atoms with Gasteiger partial charge in [0, 0.05) is 18.2 Å². The van der Waals surface area contributed by atoms with Crippen LogP contribution in [0.4, 0.5) is 4.39 Å². The molecule has 23 heavy (non-hydrogen) atoms. The largest absolute Gasteiger partial charge is 0.350 e. The highest BCUT2D eigenvalue weighted by Gasteiger charge is 2.13. The molecule has 116 valence electrons. The van der Waals surface area contributed by atoms with Gasteiger partial charge in [-0.1, -0.05) is 47.6 Å². The fraction of sp³-hybridized carbons (Fsp3) is 0.111. The number of nitrogens with one attached hydrogen (secondary N) is 1. The quantitative estimate of drug-likeness (QED) is 0.785. The van der Waals surface area contributed by atoms with Crippen molar-refractivity contribution < 1.29 is 13.7 Å². The summed E-state index contributed by atoms with van der Waals surface area (Å²) in [5.74, 6) is -0.419. The Kier molecular flexibility index (Phi) is 4.47. The lowest BCUT2D eigenvalue weighted by Crippen LogP contribution is -2.25. The van der Waals surface area contributed by atoms with Crippen molar-refractivity contribution in [1.29, 1.82) is 0 Å². The smallest absolute Gasteiger partial charge is 0.289 e. The van der Waals surface area contributed by atoms with E-state index in [9.17, 15) is 9.18 Å². The molecule has 0 unspecified atom stereocenters. The Morgan fingerprint density at radius 2 is 1.83 bits per heavy atom. The number of carbonyl (C=O) groups excluding carboxylic acids is 1. The summed E-state index contributed by atoms with van der Waals surface area (Å²) in [5, 5.41) is 6.67. The number of carbonyl (C=O) groups is 1. The molecule has 1 amide bonds. The van der Waals surface area contributed by atoms with Gasteiger partial charge in [0.25, 0.3) is 5.91 Å². The lowest BCUT2D eigenvalue weighted by Gasteiger charge is -2.03. The van der Waals surface area contributed by atoms with Gasteiger partial charge in [0.2, 0.25) is 5.76 Å². The van der Waals surface area contributed by atoms with E-state index in [2.05, 4.69) is 10.5 Å². The van der Waals surface area contributed by atoms with Gasteiger partial charge in [0.1, 0.15) is 11.5 Å². The molecule has 1 heterocycles. The molecule has 0 aliphatic carbocycles. The van der Waals surface area contributed by atoms with Gasteiger partial charge in [-0.25, -0.2) is 4.39 Å². The summed E-state index contributed by atoms with van der Waals surface area (Å²) >= 11 is 0. The van der Waals surface area contributed by atoms with Gasteiger partial charge in [0.15, 0.2) is 0 Å². The van der Waals surface area contributed by atoms with Gasteiger partial charge < -0.3 is 9.84 Å². The lowest BCUT2D eigenvalue weighted by molar-refractivity contribution is 0.0917. The standard InChI is InChI=1S/C18H15FN2O2/c19-15-8-6-13(7-9-15)10-11-20-18(22)17-12-16(21-23-17)14-4-2-1-3-5-14/h1-9,12H,10-11H2,(H,20,22). The van der Waals surface area contributed by atoms with Crippen LogP contribution >= 0.6 is 0 Å². The molecule has 0 aliphatic heterocycles. The molecule has 1 aromatic heterocycles. The Morgan fingerprint density at radius 1 is 1.09 bits per heavy atom. The van der Waals surface area contributed by atoms with E-state index >= 15 is 0 Å². The summed E-state index contributed by atoms with van der Waals surface area (Å²) in [6, 6.07) is 17.3. The van der Waals surface area contributed by atoms with Crippen LogP contribution in [0, 0.1) is 5.82 Å². The Bertz CT molecular complexity index is 782. The molecule has 0 bridgehead atoms. The highest BCUT2D eigenvalue weighted by atomic mass is 19.1. The fourth-order valence-corrected chi connectivity index (χ4v) is 2.19. The number of rotatable bonds is 5. The number of hydrogen-bond acceptors (Lipinski definition) is 3. The van der Waals surface area contributed by atoms with Crippen molar-refractivity contribution in [2.24, 2.45) is 0 Å². The van der Waals surface area contributed by atoms with Crippen LogP contribution in [0.1, 0.15) is 16.1 Å². The molecule has 3 rings (SSSR count). The summed E-state index contributed by atoms with van der Waals surface area (Å²) in [6.45, 7) is 0.436. The van der Waals surface area contributed by atoms with E-state index in [-0.39, 0.29) is 17.5 Å². The van der Waals surface area contributed by atoms with Gasteiger partial charge >= 0.3 is 0 Å². The van der Waals surface area contributed by atoms with E-state index in [0.717, 1.165) is 11.1 Å². The number of amides is 1. The van der Waals surface area contributed by atoms with Gasteiger partial charge in [-0.15, -0.1) is 0 Å². The van der Waals surface area contributed by atoms with Crippen LogP contribution in [0.25, 0.3) is 11.3 Å². The summed E-state index contributed by atoms with van der Waals surface area (Å²) in [4.78, 5) is 12.0. The zero-order chi connectivity index (χ0) is 16.1. The van der Waals surface area contributed by atoms with Crippen molar-refractivity contribution in [3.63, 3.8) is 0 Å². The normalized spacial score (nSPS) is 10.5. The Hall–Kier alpha value is -2.95. The van der Waals surface area contributed by atoms with E-state index in [1.165, 1.54) is 12.1 Å². The van der Waals surface area contributed by atoms with Crippen LogP contribution < -0.4 is 5.32 Å². The third-order valence-corrected chi connectivity index (χ3v) is 3.42. The molecule has 5 heteroatoms.